The highest BCUT2D eigenvalue weighted by Crippen LogP contribution is 2.20. The summed E-state index contributed by atoms with van der Waals surface area (Å²) in [5.74, 6) is -2.63. The van der Waals surface area contributed by atoms with Crippen molar-refractivity contribution in [3.8, 4) is 5.75 Å². The van der Waals surface area contributed by atoms with E-state index in [1.54, 1.807) is 18.2 Å². The number of ether oxygens (including phenoxy) is 1. The van der Waals surface area contributed by atoms with E-state index in [4.69, 9.17) is 15.6 Å². The van der Waals surface area contributed by atoms with Crippen molar-refractivity contribution in [3.63, 3.8) is 0 Å². The van der Waals surface area contributed by atoms with E-state index in [0.29, 0.717) is 5.75 Å². The van der Waals surface area contributed by atoms with Gasteiger partial charge in [-0.05, 0) is 12.1 Å². The van der Waals surface area contributed by atoms with Crippen molar-refractivity contribution in [2.45, 2.75) is 0 Å². The summed E-state index contributed by atoms with van der Waals surface area (Å²) >= 11 is 0. The van der Waals surface area contributed by atoms with Crippen molar-refractivity contribution in [2.24, 2.45) is 11.7 Å². The molecule has 0 spiro atoms. The Labute approximate surface area is 92.8 Å². The molecule has 0 aliphatic heterocycles. The predicted octanol–water partition coefficient (Wildman–Crippen LogP) is 0.537. The van der Waals surface area contributed by atoms with Crippen molar-refractivity contribution >= 4 is 11.8 Å². The van der Waals surface area contributed by atoms with Gasteiger partial charge in [-0.25, -0.2) is 0 Å². The molecule has 0 fully saturated rings. The monoisotopic (exact) mass is 223 g/mol. The first-order valence-electron chi connectivity index (χ1n) is 4.72. The fraction of sp³-hybridized carbons (Fsp3) is 0.273. The number of carboxylic acids is 1. The molecule has 16 heavy (non-hydrogen) atoms. The number of ketones is 1. The van der Waals surface area contributed by atoms with Gasteiger partial charge in [0.05, 0.1) is 12.7 Å². The summed E-state index contributed by atoms with van der Waals surface area (Å²) < 4.78 is 4.99. The molecule has 5 heteroatoms. The smallest absolute Gasteiger partial charge is 0.315 e. The Morgan fingerprint density at radius 3 is 2.56 bits per heavy atom. The third-order valence-corrected chi connectivity index (χ3v) is 2.22. The Morgan fingerprint density at radius 1 is 1.44 bits per heavy atom. The normalized spacial score (nSPS) is 11.9. The van der Waals surface area contributed by atoms with Crippen molar-refractivity contribution < 1.29 is 19.4 Å². The molecule has 0 heterocycles. The Hall–Kier alpha value is -1.88. The van der Waals surface area contributed by atoms with Gasteiger partial charge in [0.25, 0.3) is 0 Å². The summed E-state index contributed by atoms with van der Waals surface area (Å²) in [6.07, 6.45) is 0. The van der Waals surface area contributed by atoms with E-state index in [1.807, 2.05) is 0 Å². The molecular formula is C11H13NO4. The van der Waals surface area contributed by atoms with Crippen LogP contribution in [0.2, 0.25) is 0 Å². The van der Waals surface area contributed by atoms with E-state index in [2.05, 4.69) is 0 Å². The van der Waals surface area contributed by atoms with Gasteiger partial charge in [-0.15, -0.1) is 0 Å². The molecule has 0 bridgehead atoms. The second-order valence-corrected chi connectivity index (χ2v) is 3.19. The number of hydrogen-bond donors (Lipinski definition) is 2. The molecule has 1 rings (SSSR count). The summed E-state index contributed by atoms with van der Waals surface area (Å²) in [6, 6.07) is 6.47. The van der Waals surface area contributed by atoms with Crippen LogP contribution in [0.25, 0.3) is 0 Å². The molecule has 0 aromatic heterocycles. The zero-order chi connectivity index (χ0) is 12.1. The van der Waals surface area contributed by atoms with Gasteiger partial charge in [0.2, 0.25) is 0 Å². The van der Waals surface area contributed by atoms with Crippen molar-refractivity contribution in [1.82, 2.24) is 0 Å². The highest BCUT2D eigenvalue weighted by Gasteiger charge is 2.27. The zero-order valence-corrected chi connectivity index (χ0v) is 8.84. The molecule has 0 radical (unpaired) electrons. The minimum absolute atomic E-state index is 0.230. The molecule has 0 saturated heterocycles. The van der Waals surface area contributed by atoms with E-state index in [0.717, 1.165) is 0 Å². The number of methoxy groups -OCH3 is 1. The number of carbonyl (C=O) groups excluding carboxylic acids is 1. The molecule has 3 N–H and O–H groups in total. The summed E-state index contributed by atoms with van der Waals surface area (Å²) in [7, 11) is 1.42. The first-order valence-corrected chi connectivity index (χ1v) is 4.72. The van der Waals surface area contributed by atoms with Gasteiger partial charge in [0.1, 0.15) is 11.7 Å². The van der Waals surface area contributed by atoms with Gasteiger partial charge in [0, 0.05) is 6.54 Å². The molecule has 1 unspecified atom stereocenters. The number of aliphatic carboxylic acids is 1. The number of benzene rings is 1. The summed E-state index contributed by atoms with van der Waals surface area (Å²) in [4.78, 5) is 22.7. The number of hydrogen-bond acceptors (Lipinski definition) is 4. The van der Waals surface area contributed by atoms with Crippen LogP contribution in [0.3, 0.4) is 0 Å². The van der Waals surface area contributed by atoms with Crippen LogP contribution in [-0.2, 0) is 4.79 Å². The molecule has 5 nitrogen and oxygen atoms in total. The minimum atomic E-state index is -1.23. The first kappa shape index (κ1) is 12.2. The number of rotatable bonds is 5. The van der Waals surface area contributed by atoms with E-state index < -0.39 is 17.7 Å². The van der Waals surface area contributed by atoms with Gasteiger partial charge < -0.3 is 15.6 Å². The highest BCUT2D eigenvalue weighted by atomic mass is 16.5. The molecule has 0 saturated carbocycles. The molecule has 86 valence electrons. The van der Waals surface area contributed by atoms with Gasteiger partial charge in [-0.3, -0.25) is 9.59 Å². The van der Waals surface area contributed by atoms with E-state index in [9.17, 15) is 9.59 Å². The average Bonchev–Trinajstić information content (AvgIpc) is 2.29. The fourth-order valence-corrected chi connectivity index (χ4v) is 1.36. The maximum Gasteiger partial charge on any atom is 0.315 e. The van der Waals surface area contributed by atoms with Crippen molar-refractivity contribution in [1.29, 1.82) is 0 Å². The summed E-state index contributed by atoms with van der Waals surface area (Å²) in [5, 5.41) is 8.83. The average molecular weight is 223 g/mol. The van der Waals surface area contributed by atoms with Crippen LogP contribution in [0, 0.1) is 5.92 Å². The van der Waals surface area contributed by atoms with Gasteiger partial charge in [-0.2, -0.15) is 0 Å². The Morgan fingerprint density at radius 2 is 2.06 bits per heavy atom. The van der Waals surface area contributed by atoms with Crippen LogP contribution in [0.5, 0.6) is 5.75 Å². The molecule has 0 aliphatic rings. The van der Waals surface area contributed by atoms with E-state index >= 15 is 0 Å². The van der Waals surface area contributed by atoms with Crippen LogP contribution in [0.15, 0.2) is 24.3 Å². The standard InChI is InChI=1S/C11H13NO4/c1-16-9-5-3-2-4-7(9)10(13)8(6-12)11(14)15/h2-5,8H,6,12H2,1H3,(H,14,15). The van der Waals surface area contributed by atoms with Crippen LogP contribution >= 0.6 is 0 Å². The van der Waals surface area contributed by atoms with Crippen LogP contribution in [0.4, 0.5) is 0 Å². The number of nitrogens with two attached hydrogens (primary N) is 1. The Balaban J connectivity index is 3.08. The lowest BCUT2D eigenvalue weighted by Gasteiger charge is -2.11. The lowest BCUT2D eigenvalue weighted by atomic mass is 9.97. The molecule has 0 amide bonds. The second-order valence-electron chi connectivity index (χ2n) is 3.19. The fourth-order valence-electron chi connectivity index (χ4n) is 1.36. The topological polar surface area (TPSA) is 89.6 Å². The highest BCUT2D eigenvalue weighted by molar-refractivity contribution is 6.09. The largest absolute Gasteiger partial charge is 0.496 e. The Bertz CT molecular complexity index is 403. The molecule has 1 atom stereocenters. The quantitative estimate of drug-likeness (QED) is 0.561. The van der Waals surface area contributed by atoms with Gasteiger partial charge >= 0.3 is 5.97 Å². The van der Waals surface area contributed by atoms with Crippen molar-refractivity contribution in [2.75, 3.05) is 13.7 Å². The van der Waals surface area contributed by atoms with Crippen LogP contribution in [0.1, 0.15) is 10.4 Å². The lowest BCUT2D eigenvalue weighted by Crippen LogP contribution is -2.31. The van der Waals surface area contributed by atoms with Crippen LogP contribution in [-0.4, -0.2) is 30.5 Å². The van der Waals surface area contributed by atoms with Crippen LogP contribution < -0.4 is 10.5 Å². The van der Waals surface area contributed by atoms with Gasteiger partial charge in [0.15, 0.2) is 5.78 Å². The number of carbonyl (C=O) groups is 2. The third-order valence-electron chi connectivity index (χ3n) is 2.22. The summed E-state index contributed by atoms with van der Waals surface area (Å²) in [6.45, 7) is -0.230. The third kappa shape index (κ3) is 2.38. The van der Waals surface area contributed by atoms with Crippen molar-refractivity contribution in [3.05, 3.63) is 29.8 Å². The molecular weight excluding hydrogens is 210 g/mol. The maximum atomic E-state index is 11.9. The maximum absolute atomic E-state index is 11.9. The van der Waals surface area contributed by atoms with E-state index in [1.165, 1.54) is 13.2 Å². The molecule has 1 aromatic rings. The minimum Gasteiger partial charge on any atom is -0.496 e. The SMILES string of the molecule is COc1ccccc1C(=O)C(CN)C(=O)O. The van der Waals surface area contributed by atoms with Gasteiger partial charge in [-0.1, -0.05) is 12.1 Å². The van der Waals surface area contributed by atoms with E-state index in [-0.39, 0.29) is 12.1 Å². The molecule has 1 aromatic carbocycles. The zero-order valence-electron chi connectivity index (χ0n) is 8.84. The molecule has 0 aliphatic carbocycles. The lowest BCUT2D eigenvalue weighted by molar-refractivity contribution is -0.139. The predicted molar refractivity (Wildman–Crippen MR) is 57.5 cm³/mol. The number of Topliss-reactive ketones (excluding diaryl/α,β-unsaturated/α-hetero) is 1. The summed E-state index contributed by atoms with van der Waals surface area (Å²) in [5.41, 5.74) is 5.50. The first-order chi connectivity index (χ1) is 7.61. The Kier molecular flexibility index (Phi) is 4.02. The number of para-hydroxylation sites is 1. The number of carboxylic acid groups (broad SMARTS) is 1. The second kappa shape index (κ2) is 5.27.